The maximum atomic E-state index is 5.87. The van der Waals surface area contributed by atoms with Crippen LogP contribution in [0.2, 0.25) is 0 Å². The van der Waals surface area contributed by atoms with Crippen molar-refractivity contribution in [2.45, 2.75) is 123 Å². The van der Waals surface area contributed by atoms with Crippen molar-refractivity contribution in [3.63, 3.8) is 0 Å². The molecule has 1 atom stereocenters. The Morgan fingerprint density at radius 1 is 0.524 bits per heavy atom. The molecule has 0 spiro atoms. The molecule has 0 aliphatic rings. The van der Waals surface area contributed by atoms with Crippen LogP contribution in [0.3, 0.4) is 0 Å². The zero-order valence-corrected chi connectivity index (χ0v) is 15.3. The molecule has 0 aliphatic carbocycles. The summed E-state index contributed by atoms with van der Waals surface area (Å²) in [7, 11) is 0. The number of hydrogen-bond donors (Lipinski definition) is 0. The van der Waals surface area contributed by atoms with Crippen LogP contribution in [0.4, 0.5) is 0 Å². The maximum absolute atomic E-state index is 5.87. The van der Waals surface area contributed by atoms with Crippen molar-refractivity contribution in [2.24, 2.45) is 0 Å². The van der Waals surface area contributed by atoms with Crippen molar-refractivity contribution < 1.29 is 4.74 Å². The largest absolute Gasteiger partial charge is 0.379 e. The molecule has 0 fully saturated rings. The van der Waals surface area contributed by atoms with Gasteiger partial charge in [-0.2, -0.15) is 0 Å². The molecule has 0 aromatic carbocycles. The van der Waals surface area contributed by atoms with E-state index >= 15 is 0 Å². The van der Waals surface area contributed by atoms with Gasteiger partial charge >= 0.3 is 0 Å². The second kappa shape index (κ2) is 18.0. The lowest BCUT2D eigenvalue weighted by molar-refractivity contribution is 0.0471. The average molecular weight is 299 g/mol. The van der Waals surface area contributed by atoms with Gasteiger partial charge < -0.3 is 4.74 Å². The van der Waals surface area contributed by atoms with Gasteiger partial charge in [-0.25, -0.2) is 0 Å². The fourth-order valence-corrected chi connectivity index (χ4v) is 3.03. The molecule has 0 saturated carbocycles. The number of unbranched alkanes of at least 4 members (excludes halogenated alkanes) is 11. The van der Waals surface area contributed by atoms with Gasteiger partial charge in [0.25, 0.3) is 0 Å². The lowest BCUT2D eigenvalue weighted by Crippen LogP contribution is -2.12. The van der Waals surface area contributed by atoms with E-state index in [0.29, 0.717) is 6.10 Å². The molecule has 1 unspecified atom stereocenters. The van der Waals surface area contributed by atoms with Gasteiger partial charge in [0.05, 0.1) is 6.10 Å². The van der Waals surface area contributed by atoms with Crippen LogP contribution in [-0.2, 0) is 4.74 Å². The first-order valence-electron chi connectivity index (χ1n) is 9.96. The molecule has 0 amide bonds. The van der Waals surface area contributed by atoms with E-state index in [2.05, 4.69) is 20.8 Å². The molecule has 0 aliphatic heterocycles. The smallest absolute Gasteiger partial charge is 0.0575 e. The van der Waals surface area contributed by atoms with Gasteiger partial charge in [0.2, 0.25) is 0 Å². The van der Waals surface area contributed by atoms with Crippen LogP contribution >= 0.6 is 0 Å². The van der Waals surface area contributed by atoms with Crippen LogP contribution in [0.1, 0.15) is 117 Å². The third kappa shape index (κ3) is 16.2. The molecule has 0 heterocycles. The van der Waals surface area contributed by atoms with Crippen LogP contribution in [0.25, 0.3) is 0 Å². The summed E-state index contributed by atoms with van der Waals surface area (Å²) in [5.74, 6) is 0. The van der Waals surface area contributed by atoms with E-state index in [1.165, 1.54) is 96.3 Å². The number of hydrogen-bond acceptors (Lipinski definition) is 1. The van der Waals surface area contributed by atoms with Gasteiger partial charge in [0.15, 0.2) is 0 Å². The zero-order valence-electron chi connectivity index (χ0n) is 15.3. The van der Waals surface area contributed by atoms with E-state index in [0.717, 1.165) is 6.61 Å². The summed E-state index contributed by atoms with van der Waals surface area (Å²) in [4.78, 5) is 0. The molecule has 0 N–H and O–H groups in total. The molecule has 0 aromatic rings. The summed E-state index contributed by atoms with van der Waals surface area (Å²) in [5.41, 5.74) is 0. The fraction of sp³-hybridized carbons (Fsp3) is 1.00. The Labute approximate surface area is 135 Å². The van der Waals surface area contributed by atoms with Crippen LogP contribution in [-0.4, -0.2) is 12.7 Å². The first-order valence-corrected chi connectivity index (χ1v) is 9.96. The monoisotopic (exact) mass is 298 g/mol. The Balaban J connectivity index is 3.32. The molecule has 0 bridgehead atoms. The maximum Gasteiger partial charge on any atom is 0.0575 e. The first-order chi connectivity index (χ1) is 10.3. The second-order valence-electron chi connectivity index (χ2n) is 6.54. The topological polar surface area (TPSA) is 9.23 Å². The van der Waals surface area contributed by atoms with Crippen molar-refractivity contribution in [3.05, 3.63) is 0 Å². The Morgan fingerprint density at radius 3 is 1.38 bits per heavy atom. The van der Waals surface area contributed by atoms with E-state index < -0.39 is 0 Å². The quantitative estimate of drug-likeness (QED) is 0.256. The average Bonchev–Trinajstić information content (AvgIpc) is 2.49. The van der Waals surface area contributed by atoms with Gasteiger partial charge in [-0.15, -0.1) is 0 Å². The highest BCUT2D eigenvalue weighted by Crippen LogP contribution is 2.16. The molecular formula is C20H42O. The number of ether oxygens (including phenoxy) is 1. The predicted octanol–water partition coefficient (Wildman–Crippen LogP) is 7.28. The van der Waals surface area contributed by atoms with Crippen LogP contribution in [0.5, 0.6) is 0 Å². The molecule has 21 heavy (non-hydrogen) atoms. The summed E-state index contributed by atoms with van der Waals surface area (Å²) >= 11 is 0. The Kier molecular flexibility index (Phi) is 18.0. The molecule has 128 valence electrons. The number of rotatable bonds is 17. The van der Waals surface area contributed by atoms with Crippen molar-refractivity contribution in [1.29, 1.82) is 0 Å². The Hall–Kier alpha value is -0.0400. The molecule has 0 rings (SSSR count). The van der Waals surface area contributed by atoms with Crippen LogP contribution < -0.4 is 0 Å². The molecule has 0 aromatic heterocycles. The SMILES string of the molecule is CCCCCCCCCCCCC(CCCCC)OCC. The van der Waals surface area contributed by atoms with Gasteiger partial charge in [0.1, 0.15) is 0 Å². The molecule has 1 heteroatoms. The van der Waals surface area contributed by atoms with Crippen molar-refractivity contribution in [2.75, 3.05) is 6.61 Å². The molecule has 1 nitrogen and oxygen atoms in total. The molecular weight excluding hydrogens is 256 g/mol. The van der Waals surface area contributed by atoms with E-state index in [-0.39, 0.29) is 0 Å². The fourth-order valence-electron chi connectivity index (χ4n) is 3.03. The minimum absolute atomic E-state index is 0.538. The third-order valence-corrected chi connectivity index (χ3v) is 4.41. The summed E-state index contributed by atoms with van der Waals surface area (Å²) in [6.07, 6.45) is 21.4. The summed E-state index contributed by atoms with van der Waals surface area (Å²) < 4.78 is 5.87. The van der Waals surface area contributed by atoms with Gasteiger partial charge in [-0.05, 0) is 19.8 Å². The van der Waals surface area contributed by atoms with Gasteiger partial charge in [-0.1, -0.05) is 97.3 Å². The summed E-state index contributed by atoms with van der Waals surface area (Å²) in [6.45, 7) is 7.58. The van der Waals surface area contributed by atoms with Gasteiger partial charge in [-0.3, -0.25) is 0 Å². The van der Waals surface area contributed by atoms with E-state index in [1.54, 1.807) is 0 Å². The molecule has 0 radical (unpaired) electrons. The van der Waals surface area contributed by atoms with E-state index in [4.69, 9.17) is 4.74 Å². The highest BCUT2D eigenvalue weighted by atomic mass is 16.5. The van der Waals surface area contributed by atoms with Crippen molar-refractivity contribution >= 4 is 0 Å². The summed E-state index contributed by atoms with van der Waals surface area (Å²) in [5, 5.41) is 0. The van der Waals surface area contributed by atoms with E-state index in [9.17, 15) is 0 Å². The lowest BCUT2D eigenvalue weighted by Gasteiger charge is -2.16. The third-order valence-electron chi connectivity index (χ3n) is 4.41. The Bertz CT molecular complexity index is 179. The normalized spacial score (nSPS) is 12.7. The zero-order chi connectivity index (χ0) is 15.6. The van der Waals surface area contributed by atoms with E-state index in [1.807, 2.05) is 0 Å². The van der Waals surface area contributed by atoms with Crippen molar-refractivity contribution in [1.82, 2.24) is 0 Å². The minimum Gasteiger partial charge on any atom is -0.379 e. The molecule has 0 saturated heterocycles. The minimum atomic E-state index is 0.538. The highest BCUT2D eigenvalue weighted by molar-refractivity contribution is 4.59. The predicted molar refractivity (Wildman–Crippen MR) is 96.0 cm³/mol. The highest BCUT2D eigenvalue weighted by Gasteiger charge is 2.07. The first kappa shape index (κ1) is 21.0. The second-order valence-corrected chi connectivity index (χ2v) is 6.54. The Morgan fingerprint density at radius 2 is 0.905 bits per heavy atom. The van der Waals surface area contributed by atoms with Gasteiger partial charge in [0, 0.05) is 6.61 Å². The van der Waals surface area contributed by atoms with Crippen LogP contribution in [0, 0.1) is 0 Å². The lowest BCUT2D eigenvalue weighted by atomic mass is 10.0. The van der Waals surface area contributed by atoms with Crippen molar-refractivity contribution in [3.8, 4) is 0 Å². The summed E-state index contributed by atoms with van der Waals surface area (Å²) in [6, 6.07) is 0. The standard InChI is InChI=1S/C20H42O/c1-4-7-9-10-11-12-13-14-15-17-19-20(21-6-3)18-16-8-5-2/h20H,4-19H2,1-3H3. The van der Waals surface area contributed by atoms with Crippen LogP contribution in [0.15, 0.2) is 0 Å².